The number of hydrogen-bond donors (Lipinski definition) is 0. The average molecular weight is 247 g/mol. The molecule has 4 rings (SSSR count). The quantitative estimate of drug-likeness (QED) is 0.651. The minimum absolute atomic E-state index is 0.604. The zero-order valence-corrected chi connectivity index (χ0v) is 11.2. The van der Waals surface area contributed by atoms with Crippen molar-refractivity contribution in [3.05, 3.63) is 59.7 Å². The van der Waals surface area contributed by atoms with Gasteiger partial charge >= 0.3 is 0 Å². The van der Waals surface area contributed by atoms with Crippen molar-refractivity contribution in [1.82, 2.24) is 0 Å². The van der Waals surface area contributed by atoms with Crippen molar-refractivity contribution in [3.8, 4) is 11.1 Å². The second kappa shape index (κ2) is 4.52. The summed E-state index contributed by atoms with van der Waals surface area (Å²) in [5.41, 5.74) is 5.88. The Labute approximate surface area is 115 Å². The van der Waals surface area contributed by atoms with Crippen LogP contribution in [0.4, 0.5) is 0 Å². The Morgan fingerprint density at radius 3 is 2.53 bits per heavy atom. The molecule has 1 atom stereocenters. The van der Waals surface area contributed by atoms with Crippen LogP contribution in [0.2, 0.25) is 0 Å². The zero-order valence-electron chi connectivity index (χ0n) is 11.2. The van der Waals surface area contributed by atoms with Crippen LogP contribution in [0.3, 0.4) is 0 Å². The van der Waals surface area contributed by atoms with Gasteiger partial charge in [-0.05, 0) is 47.1 Å². The highest BCUT2D eigenvalue weighted by Crippen LogP contribution is 2.50. The van der Waals surface area contributed by atoms with E-state index >= 15 is 0 Å². The van der Waals surface area contributed by atoms with E-state index in [0.29, 0.717) is 5.92 Å². The molecule has 1 radical (unpaired) electrons. The summed E-state index contributed by atoms with van der Waals surface area (Å²) >= 11 is 0. The van der Waals surface area contributed by atoms with E-state index in [1.165, 1.54) is 48.8 Å². The van der Waals surface area contributed by atoms with Crippen LogP contribution in [0.25, 0.3) is 11.1 Å². The summed E-state index contributed by atoms with van der Waals surface area (Å²) in [6.07, 6.45) is 7.02. The lowest BCUT2D eigenvalue weighted by atomic mass is 9.76. The summed E-state index contributed by atoms with van der Waals surface area (Å²) in [6, 6.07) is 19.0. The molecule has 0 spiro atoms. The molecule has 2 aliphatic carbocycles. The second-order valence-electron chi connectivity index (χ2n) is 5.96. The molecular weight excluding hydrogens is 228 g/mol. The van der Waals surface area contributed by atoms with Crippen LogP contribution in [-0.2, 0) is 0 Å². The van der Waals surface area contributed by atoms with Gasteiger partial charge in [-0.15, -0.1) is 0 Å². The van der Waals surface area contributed by atoms with Gasteiger partial charge in [0.1, 0.15) is 0 Å². The molecule has 0 bridgehead atoms. The number of rotatable bonds is 1. The first-order chi connectivity index (χ1) is 9.45. The molecule has 0 aliphatic heterocycles. The molecule has 0 saturated heterocycles. The van der Waals surface area contributed by atoms with Crippen molar-refractivity contribution in [1.29, 1.82) is 0 Å². The molecule has 1 unspecified atom stereocenters. The van der Waals surface area contributed by atoms with Crippen LogP contribution in [0, 0.1) is 12.0 Å². The van der Waals surface area contributed by atoms with E-state index in [4.69, 9.17) is 0 Å². The van der Waals surface area contributed by atoms with Crippen molar-refractivity contribution in [3.63, 3.8) is 0 Å². The van der Waals surface area contributed by atoms with Crippen LogP contribution < -0.4 is 0 Å². The van der Waals surface area contributed by atoms with Gasteiger partial charge < -0.3 is 0 Å². The maximum absolute atomic E-state index is 3.54. The van der Waals surface area contributed by atoms with E-state index in [-0.39, 0.29) is 0 Å². The smallest absolute Gasteiger partial charge is 0.0136 e. The SMILES string of the molecule is [c]1cccc2c1C(C1CCCCC1)c1ccccc1-2. The van der Waals surface area contributed by atoms with Crippen LogP contribution in [-0.4, -0.2) is 0 Å². The zero-order chi connectivity index (χ0) is 12.7. The van der Waals surface area contributed by atoms with Gasteiger partial charge in [0.25, 0.3) is 0 Å². The standard InChI is InChI=1S/C19H19/c1-2-8-14(9-3-1)19-17-12-6-4-10-15(17)16-11-5-7-13-18(16)19/h4-7,10-12,14,19H,1-3,8-9H2. The van der Waals surface area contributed by atoms with Gasteiger partial charge in [-0.2, -0.15) is 0 Å². The third-order valence-corrected chi connectivity index (χ3v) is 4.91. The lowest BCUT2D eigenvalue weighted by Gasteiger charge is -2.28. The first kappa shape index (κ1) is 11.3. The molecule has 19 heavy (non-hydrogen) atoms. The largest absolute Gasteiger partial charge is 0.0619 e. The maximum Gasteiger partial charge on any atom is 0.0136 e. The molecule has 0 amide bonds. The molecule has 2 aromatic carbocycles. The van der Waals surface area contributed by atoms with Gasteiger partial charge in [0.2, 0.25) is 0 Å². The van der Waals surface area contributed by atoms with Gasteiger partial charge in [0.15, 0.2) is 0 Å². The lowest BCUT2D eigenvalue weighted by molar-refractivity contribution is 0.330. The Bertz CT molecular complexity index is 545. The van der Waals surface area contributed by atoms with Crippen molar-refractivity contribution >= 4 is 0 Å². The second-order valence-corrected chi connectivity index (χ2v) is 5.96. The molecule has 0 heterocycles. The molecule has 1 saturated carbocycles. The third-order valence-electron chi connectivity index (χ3n) is 4.91. The molecule has 0 heteroatoms. The highest BCUT2D eigenvalue weighted by Gasteiger charge is 2.34. The Hall–Kier alpha value is -1.56. The molecule has 1 fully saturated rings. The maximum atomic E-state index is 3.54. The van der Waals surface area contributed by atoms with Gasteiger partial charge in [-0.1, -0.05) is 61.7 Å². The lowest BCUT2D eigenvalue weighted by Crippen LogP contribution is -2.15. The minimum Gasteiger partial charge on any atom is -0.0619 e. The summed E-state index contributed by atoms with van der Waals surface area (Å²) in [6.45, 7) is 0. The predicted octanol–water partition coefficient (Wildman–Crippen LogP) is 5.18. The summed E-state index contributed by atoms with van der Waals surface area (Å²) in [5.74, 6) is 1.43. The average Bonchev–Trinajstić information content (AvgIpc) is 2.83. The molecule has 0 aromatic heterocycles. The number of benzene rings is 2. The number of hydrogen-bond acceptors (Lipinski definition) is 0. The highest BCUT2D eigenvalue weighted by molar-refractivity contribution is 5.78. The van der Waals surface area contributed by atoms with Crippen LogP contribution in [0.5, 0.6) is 0 Å². The summed E-state index contributed by atoms with van der Waals surface area (Å²) in [5, 5.41) is 0. The van der Waals surface area contributed by atoms with E-state index in [9.17, 15) is 0 Å². The van der Waals surface area contributed by atoms with Crippen molar-refractivity contribution in [2.45, 2.75) is 38.0 Å². The normalized spacial score (nSPS) is 19.2. The fourth-order valence-electron chi connectivity index (χ4n) is 4.07. The monoisotopic (exact) mass is 247 g/mol. The van der Waals surface area contributed by atoms with Gasteiger partial charge in [-0.3, -0.25) is 0 Å². The molecule has 0 N–H and O–H groups in total. The van der Waals surface area contributed by atoms with Crippen LogP contribution in [0.1, 0.15) is 49.1 Å². The molecule has 2 aromatic rings. The van der Waals surface area contributed by atoms with E-state index in [0.717, 1.165) is 5.92 Å². The molecule has 95 valence electrons. The molecular formula is C19H19. The van der Waals surface area contributed by atoms with Crippen molar-refractivity contribution in [2.75, 3.05) is 0 Å². The van der Waals surface area contributed by atoms with Gasteiger partial charge in [-0.25, -0.2) is 0 Å². The van der Waals surface area contributed by atoms with E-state index < -0.39 is 0 Å². The fraction of sp³-hybridized carbons (Fsp3) is 0.368. The summed E-state index contributed by atoms with van der Waals surface area (Å²) < 4.78 is 0. The molecule has 0 nitrogen and oxygen atoms in total. The summed E-state index contributed by atoms with van der Waals surface area (Å²) in [4.78, 5) is 0. The highest BCUT2D eigenvalue weighted by atomic mass is 14.4. The van der Waals surface area contributed by atoms with Crippen molar-refractivity contribution < 1.29 is 0 Å². The summed E-state index contributed by atoms with van der Waals surface area (Å²) in [7, 11) is 0. The van der Waals surface area contributed by atoms with Gasteiger partial charge in [0, 0.05) is 5.92 Å². The van der Waals surface area contributed by atoms with Gasteiger partial charge in [0.05, 0.1) is 0 Å². The Balaban J connectivity index is 1.86. The first-order valence-electron chi connectivity index (χ1n) is 7.55. The van der Waals surface area contributed by atoms with Crippen LogP contribution >= 0.6 is 0 Å². The fourth-order valence-corrected chi connectivity index (χ4v) is 4.07. The van der Waals surface area contributed by atoms with E-state index in [2.05, 4.69) is 48.5 Å². The predicted molar refractivity (Wildman–Crippen MR) is 79.1 cm³/mol. The van der Waals surface area contributed by atoms with Crippen molar-refractivity contribution in [2.24, 2.45) is 5.92 Å². The first-order valence-corrected chi connectivity index (χ1v) is 7.55. The minimum atomic E-state index is 0.604. The Morgan fingerprint density at radius 1 is 0.842 bits per heavy atom. The third kappa shape index (κ3) is 1.74. The van der Waals surface area contributed by atoms with Crippen LogP contribution in [0.15, 0.2) is 42.5 Å². The van der Waals surface area contributed by atoms with E-state index in [1.54, 1.807) is 5.56 Å². The van der Waals surface area contributed by atoms with E-state index in [1.807, 2.05) is 0 Å². The molecule has 2 aliphatic rings. The Kier molecular flexibility index (Phi) is 2.69. The topological polar surface area (TPSA) is 0 Å². The number of fused-ring (bicyclic) bond motifs is 3. The Morgan fingerprint density at radius 2 is 1.63 bits per heavy atom.